The number of aliphatic hydroxyl groups excluding tert-OH is 1. The van der Waals surface area contributed by atoms with Crippen LogP contribution in [0.2, 0.25) is 0 Å². The minimum absolute atomic E-state index is 0.309. The molecule has 0 bridgehead atoms. The minimum atomic E-state index is -0.762. The highest BCUT2D eigenvalue weighted by Gasteiger charge is 2.15. The van der Waals surface area contributed by atoms with Crippen LogP contribution in [0.1, 0.15) is 28.4 Å². The van der Waals surface area contributed by atoms with Crippen molar-refractivity contribution in [2.24, 2.45) is 0 Å². The molecule has 3 heteroatoms. The first-order valence-corrected chi connectivity index (χ1v) is 6.16. The molecule has 0 aromatic heterocycles. The molecular weight excluding hydrogens is 246 g/mol. The van der Waals surface area contributed by atoms with Crippen molar-refractivity contribution in [1.82, 2.24) is 0 Å². The third kappa shape index (κ3) is 3.18. The van der Waals surface area contributed by atoms with Gasteiger partial charge in [0.2, 0.25) is 0 Å². The summed E-state index contributed by atoms with van der Waals surface area (Å²) < 4.78 is 26.3. The third-order valence-corrected chi connectivity index (χ3v) is 3.21. The van der Waals surface area contributed by atoms with E-state index in [0.717, 1.165) is 5.56 Å². The molecule has 2 aromatic rings. The first-order chi connectivity index (χ1) is 8.97. The molecule has 2 aromatic carbocycles. The summed E-state index contributed by atoms with van der Waals surface area (Å²) in [6, 6.07) is 8.94. The van der Waals surface area contributed by atoms with Gasteiger partial charge in [-0.15, -0.1) is 0 Å². The summed E-state index contributed by atoms with van der Waals surface area (Å²) in [5.41, 5.74) is 2.85. The van der Waals surface area contributed by atoms with E-state index in [2.05, 4.69) is 0 Å². The fourth-order valence-corrected chi connectivity index (χ4v) is 2.44. The number of halogens is 2. The lowest BCUT2D eigenvalue weighted by molar-refractivity contribution is 0.177. The summed E-state index contributed by atoms with van der Waals surface area (Å²) in [5, 5.41) is 10.3. The van der Waals surface area contributed by atoms with E-state index in [0.29, 0.717) is 23.1 Å². The van der Waals surface area contributed by atoms with Gasteiger partial charge in [0.05, 0.1) is 6.10 Å². The summed E-state index contributed by atoms with van der Waals surface area (Å²) in [5.74, 6) is -0.631. The molecule has 1 N–H and O–H groups in total. The molecule has 0 saturated carbocycles. The van der Waals surface area contributed by atoms with Crippen LogP contribution in [0.25, 0.3) is 0 Å². The topological polar surface area (TPSA) is 20.2 Å². The van der Waals surface area contributed by atoms with Gasteiger partial charge in [-0.05, 0) is 60.4 Å². The Morgan fingerprint density at radius 2 is 1.63 bits per heavy atom. The monoisotopic (exact) mass is 262 g/mol. The van der Waals surface area contributed by atoms with Gasteiger partial charge in [0.1, 0.15) is 11.6 Å². The number of rotatable bonds is 3. The predicted molar refractivity (Wildman–Crippen MR) is 70.9 cm³/mol. The molecule has 0 saturated heterocycles. The Labute approximate surface area is 111 Å². The van der Waals surface area contributed by atoms with E-state index in [1.807, 2.05) is 0 Å². The molecule has 1 atom stereocenters. The molecule has 0 aliphatic heterocycles. The number of hydrogen-bond donors (Lipinski definition) is 1. The number of aliphatic hydroxyl groups is 1. The van der Waals surface area contributed by atoms with Crippen LogP contribution in [0.5, 0.6) is 0 Å². The predicted octanol–water partition coefficient (Wildman–Crippen LogP) is 3.86. The normalized spacial score (nSPS) is 12.5. The lowest BCUT2D eigenvalue weighted by atomic mass is 9.93. The van der Waals surface area contributed by atoms with Crippen molar-refractivity contribution in [3.05, 3.63) is 70.3 Å². The highest BCUT2D eigenvalue weighted by atomic mass is 19.1. The largest absolute Gasteiger partial charge is 0.388 e. The number of aryl methyl sites for hydroxylation is 2. The highest BCUT2D eigenvalue weighted by Crippen LogP contribution is 2.26. The van der Waals surface area contributed by atoms with E-state index in [1.165, 1.54) is 24.3 Å². The first kappa shape index (κ1) is 13.7. The Bertz CT molecular complexity index is 570. The van der Waals surface area contributed by atoms with Gasteiger partial charge >= 0.3 is 0 Å². The second-order valence-corrected chi connectivity index (χ2v) is 4.80. The Hall–Kier alpha value is -1.74. The van der Waals surface area contributed by atoms with Crippen LogP contribution >= 0.6 is 0 Å². The first-order valence-electron chi connectivity index (χ1n) is 6.16. The quantitative estimate of drug-likeness (QED) is 0.890. The molecule has 1 unspecified atom stereocenters. The van der Waals surface area contributed by atoms with Crippen LogP contribution in [0.15, 0.2) is 36.4 Å². The van der Waals surface area contributed by atoms with Gasteiger partial charge in [0, 0.05) is 6.42 Å². The zero-order chi connectivity index (χ0) is 14.0. The lowest BCUT2D eigenvalue weighted by Crippen LogP contribution is -2.07. The molecule has 0 radical (unpaired) electrons. The Morgan fingerprint density at radius 1 is 1.00 bits per heavy atom. The van der Waals surface area contributed by atoms with Crippen molar-refractivity contribution < 1.29 is 13.9 Å². The van der Waals surface area contributed by atoms with E-state index >= 15 is 0 Å². The summed E-state index contributed by atoms with van der Waals surface area (Å²) in [4.78, 5) is 0. The van der Waals surface area contributed by atoms with E-state index in [-0.39, 0.29) is 11.6 Å². The lowest BCUT2D eigenvalue weighted by Gasteiger charge is -2.17. The molecule has 0 amide bonds. The van der Waals surface area contributed by atoms with Crippen molar-refractivity contribution in [2.75, 3.05) is 0 Å². The van der Waals surface area contributed by atoms with E-state index < -0.39 is 6.10 Å². The van der Waals surface area contributed by atoms with Crippen molar-refractivity contribution in [3.8, 4) is 0 Å². The molecule has 2 rings (SSSR count). The molecule has 100 valence electrons. The highest BCUT2D eigenvalue weighted by molar-refractivity contribution is 5.37. The summed E-state index contributed by atoms with van der Waals surface area (Å²) >= 11 is 0. The molecule has 0 heterocycles. The van der Waals surface area contributed by atoms with Crippen LogP contribution in [0.4, 0.5) is 8.78 Å². The van der Waals surface area contributed by atoms with Gasteiger partial charge < -0.3 is 5.11 Å². The van der Waals surface area contributed by atoms with Gasteiger partial charge in [-0.1, -0.05) is 12.1 Å². The van der Waals surface area contributed by atoms with E-state index in [1.54, 1.807) is 26.0 Å². The van der Waals surface area contributed by atoms with Crippen LogP contribution in [0.3, 0.4) is 0 Å². The van der Waals surface area contributed by atoms with Gasteiger partial charge in [0.15, 0.2) is 0 Å². The maximum Gasteiger partial charge on any atom is 0.123 e. The summed E-state index contributed by atoms with van der Waals surface area (Å²) in [6.45, 7) is 3.53. The maximum absolute atomic E-state index is 13.2. The molecule has 1 nitrogen and oxygen atoms in total. The Kier molecular flexibility index (Phi) is 3.96. The smallest absolute Gasteiger partial charge is 0.123 e. The van der Waals surface area contributed by atoms with Crippen LogP contribution in [0, 0.1) is 25.5 Å². The van der Waals surface area contributed by atoms with E-state index in [4.69, 9.17) is 0 Å². The molecular formula is C16H16F2O. The van der Waals surface area contributed by atoms with Gasteiger partial charge in [-0.3, -0.25) is 0 Å². The molecule has 19 heavy (non-hydrogen) atoms. The standard InChI is InChI=1S/C16H16F2O/c1-10-6-14(18)7-11(2)16(10)15(19)9-12-4-3-5-13(17)8-12/h3-8,15,19H,9H2,1-2H3. The zero-order valence-electron chi connectivity index (χ0n) is 11.0. The van der Waals surface area contributed by atoms with Crippen molar-refractivity contribution in [1.29, 1.82) is 0 Å². The zero-order valence-corrected chi connectivity index (χ0v) is 11.0. The molecule has 0 aliphatic carbocycles. The number of benzene rings is 2. The fourth-order valence-electron chi connectivity index (χ4n) is 2.44. The molecule has 0 aliphatic rings. The molecule has 0 fully saturated rings. The van der Waals surface area contributed by atoms with Gasteiger partial charge in [-0.2, -0.15) is 0 Å². The van der Waals surface area contributed by atoms with Crippen molar-refractivity contribution >= 4 is 0 Å². The summed E-state index contributed by atoms with van der Waals surface area (Å²) in [7, 11) is 0. The van der Waals surface area contributed by atoms with Crippen LogP contribution in [-0.2, 0) is 6.42 Å². The average molecular weight is 262 g/mol. The number of hydrogen-bond acceptors (Lipinski definition) is 1. The second-order valence-electron chi connectivity index (χ2n) is 4.80. The van der Waals surface area contributed by atoms with E-state index in [9.17, 15) is 13.9 Å². The second kappa shape index (κ2) is 5.49. The van der Waals surface area contributed by atoms with Crippen molar-refractivity contribution in [2.45, 2.75) is 26.4 Å². The average Bonchev–Trinajstić information content (AvgIpc) is 2.27. The fraction of sp³-hybridized carbons (Fsp3) is 0.250. The third-order valence-electron chi connectivity index (χ3n) is 3.21. The SMILES string of the molecule is Cc1cc(F)cc(C)c1C(O)Cc1cccc(F)c1. The Morgan fingerprint density at radius 3 is 2.21 bits per heavy atom. The Balaban J connectivity index is 2.28. The summed E-state index contributed by atoms with van der Waals surface area (Å²) in [6.07, 6.45) is -0.451. The van der Waals surface area contributed by atoms with Crippen LogP contribution < -0.4 is 0 Å². The van der Waals surface area contributed by atoms with Crippen molar-refractivity contribution in [3.63, 3.8) is 0 Å². The van der Waals surface area contributed by atoms with Crippen LogP contribution in [-0.4, -0.2) is 5.11 Å². The maximum atomic E-state index is 13.2. The van der Waals surface area contributed by atoms with Gasteiger partial charge in [0.25, 0.3) is 0 Å². The van der Waals surface area contributed by atoms with Gasteiger partial charge in [-0.25, -0.2) is 8.78 Å². The molecule has 0 spiro atoms. The minimum Gasteiger partial charge on any atom is -0.388 e.